The van der Waals surface area contributed by atoms with Gasteiger partial charge in [0.15, 0.2) is 5.69 Å². The Labute approximate surface area is 136 Å². The number of amides is 1. The van der Waals surface area contributed by atoms with Gasteiger partial charge in [0.1, 0.15) is 5.75 Å². The highest BCUT2D eigenvalue weighted by Crippen LogP contribution is 2.39. The van der Waals surface area contributed by atoms with Crippen molar-refractivity contribution >= 4 is 34.1 Å². The van der Waals surface area contributed by atoms with E-state index in [-0.39, 0.29) is 23.7 Å². The van der Waals surface area contributed by atoms with Crippen LogP contribution < -0.4 is 0 Å². The van der Waals surface area contributed by atoms with Crippen molar-refractivity contribution in [3.8, 4) is 11.6 Å². The average Bonchev–Trinajstić information content (AvgIpc) is 2.84. The average molecular weight is 330 g/mol. The van der Waals surface area contributed by atoms with Crippen LogP contribution in [0.3, 0.4) is 0 Å². The Bertz CT molecular complexity index is 901. The molecular formula is C16H12ClN3O3. The highest BCUT2D eigenvalue weighted by atomic mass is 35.5. The van der Waals surface area contributed by atoms with Crippen LogP contribution >= 0.6 is 11.6 Å². The molecule has 0 saturated heterocycles. The molecule has 0 aliphatic carbocycles. The number of phenols is 1. The smallest absolute Gasteiger partial charge is 0.269 e. The van der Waals surface area contributed by atoms with E-state index in [1.54, 1.807) is 30.3 Å². The van der Waals surface area contributed by atoms with Crippen LogP contribution in [0.25, 0.3) is 10.9 Å². The summed E-state index contributed by atoms with van der Waals surface area (Å²) in [5.74, 6) is -0.549. The molecule has 0 atom stereocenters. The third-order valence-corrected chi connectivity index (χ3v) is 3.60. The minimum atomic E-state index is -0.475. The molecule has 0 fully saturated rings. The Morgan fingerprint density at radius 3 is 2.61 bits per heavy atom. The summed E-state index contributed by atoms with van der Waals surface area (Å²) in [5.41, 5.74) is 1.44. The first-order chi connectivity index (χ1) is 11.0. The Kier molecular flexibility index (Phi) is 3.99. The van der Waals surface area contributed by atoms with E-state index in [0.29, 0.717) is 21.5 Å². The minimum Gasteiger partial charge on any atom is -0.508 e. The van der Waals surface area contributed by atoms with Crippen molar-refractivity contribution < 1.29 is 15.0 Å². The van der Waals surface area contributed by atoms with Gasteiger partial charge in [0.2, 0.25) is 5.88 Å². The van der Waals surface area contributed by atoms with Gasteiger partial charge in [-0.2, -0.15) is 0 Å². The molecular weight excluding hydrogens is 318 g/mol. The van der Waals surface area contributed by atoms with E-state index in [2.05, 4.69) is 15.2 Å². The van der Waals surface area contributed by atoms with Crippen molar-refractivity contribution in [2.75, 3.05) is 0 Å². The number of nitrogens with zero attached hydrogens (tertiary/aromatic N) is 2. The number of nitrogens with one attached hydrogen (secondary N) is 1. The van der Waals surface area contributed by atoms with E-state index in [0.717, 1.165) is 0 Å². The molecule has 1 aromatic heterocycles. The lowest BCUT2D eigenvalue weighted by Crippen LogP contribution is -1.97. The molecule has 7 heteroatoms. The summed E-state index contributed by atoms with van der Waals surface area (Å²) in [7, 11) is 0. The Morgan fingerprint density at radius 1 is 1.13 bits per heavy atom. The molecule has 6 nitrogen and oxygen atoms in total. The van der Waals surface area contributed by atoms with Crippen molar-refractivity contribution in [1.29, 1.82) is 0 Å². The van der Waals surface area contributed by atoms with Crippen LogP contribution in [0, 0.1) is 0 Å². The van der Waals surface area contributed by atoms with Gasteiger partial charge >= 0.3 is 0 Å². The van der Waals surface area contributed by atoms with E-state index in [1.807, 2.05) is 0 Å². The molecule has 23 heavy (non-hydrogen) atoms. The summed E-state index contributed by atoms with van der Waals surface area (Å²) in [6.45, 7) is 0. The van der Waals surface area contributed by atoms with Gasteiger partial charge < -0.3 is 15.2 Å². The van der Waals surface area contributed by atoms with Crippen molar-refractivity contribution in [3.63, 3.8) is 0 Å². The summed E-state index contributed by atoms with van der Waals surface area (Å²) in [6, 6.07) is 11.4. The van der Waals surface area contributed by atoms with Crippen molar-refractivity contribution in [2.45, 2.75) is 6.42 Å². The van der Waals surface area contributed by atoms with E-state index in [1.165, 1.54) is 12.1 Å². The number of phenolic OH excluding ortho intramolecular Hbond substituents is 1. The molecule has 2 aromatic carbocycles. The number of hydrogen-bond acceptors (Lipinski definition) is 4. The molecule has 3 aromatic rings. The molecule has 0 aliphatic heterocycles. The fourth-order valence-electron chi connectivity index (χ4n) is 2.20. The van der Waals surface area contributed by atoms with E-state index >= 15 is 0 Å². The maximum Gasteiger partial charge on any atom is 0.269 e. The molecule has 0 aliphatic rings. The lowest BCUT2D eigenvalue weighted by molar-refractivity contribution is -0.117. The second-order valence-corrected chi connectivity index (χ2v) is 5.33. The van der Waals surface area contributed by atoms with Gasteiger partial charge in [-0.3, -0.25) is 4.79 Å². The number of fused-ring (bicyclic) bond motifs is 1. The second-order valence-electron chi connectivity index (χ2n) is 4.92. The zero-order valence-corrected chi connectivity index (χ0v) is 12.6. The molecule has 0 spiro atoms. The van der Waals surface area contributed by atoms with Gasteiger partial charge in [0, 0.05) is 5.39 Å². The van der Waals surface area contributed by atoms with Gasteiger partial charge in [-0.15, -0.1) is 10.2 Å². The predicted molar refractivity (Wildman–Crippen MR) is 86.3 cm³/mol. The Hall–Kier alpha value is -2.86. The summed E-state index contributed by atoms with van der Waals surface area (Å²) in [6.07, 6.45) is 0.0423. The second kappa shape index (κ2) is 6.10. The molecule has 0 bridgehead atoms. The summed E-state index contributed by atoms with van der Waals surface area (Å²) < 4.78 is 0. The molecule has 3 rings (SSSR count). The number of halogens is 1. The quantitative estimate of drug-likeness (QED) is 0.631. The van der Waals surface area contributed by atoms with Crippen LogP contribution in [0.5, 0.6) is 11.6 Å². The van der Waals surface area contributed by atoms with E-state index in [4.69, 9.17) is 11.6 Å². The SMILES string of the molecule is O=C(Cc1ccc(O)cc1)N=Nc1c(O)[nH]c2cccc(Cl)c12. The van der Waals surface area contributed by atoms with Gasteiger partial charge in [0.25, 0.3) is 5.91 Å². The number of aromatic amines is 1. The highest BCUT2D eigenvalue weighted by molar-refractivity contribution is 6.36. The highest BCUT2D eigenvalue weighted by Gasteiger charge is 2.13. The van der Waals surface area contributed by atoms with Crippen molar-refractivity contribution in [2.24, 2.45) is 10.2 Å². The summed E-state index contributed by atoms with van der Waals surface area (Å²) in [4.78, 5) is 14.6. The zero-order chi connectivity index (χ0) is 16.4. The van der Waals surface area contributed by atoms with Gasteiger partial charge in [0.05, 0.1) is 17.0 Å². The number of carbonyl (C=O) groups excluding carboxylic acids is 1. The first-order valence-corrected chi connectivity index (χ1v) is 7.14. The van der Waals surface area contributed by atoms with Crippen LogP contribution in [0.4, 0.5) is 5.69 Å². The van der Waals surface area contributed by atoms with Gasteiger partial charge in [-0.25, -0.2) is 0 Å². The summed E-state index contributed by atoms with van der Waals surface area (Å²) >= 11 is 6.09. The Balaban J connectivity index is 1.84. The lowest BCUT2D eigenvalue weighted by atomic mass is 10.1. The largest absolute Gasteiger partial charge is 0.508 e. The first-order valence-electron chi connectivity index (χ1n) is 6.76. The number of aromatic nitrogens is 1. The molecule has 1 amide bonds. The maximum absolute atomic E-state index is 11.9. The zero-order valence-electron chi connectivity index (χ0n) is 11.8. The van der Waals surface area contributed by atoms with Crippen LogP contribution in [-0.4, -0.2) is 21.1 Å². The molecule has 1 heterocycles. The van der Waals surface area contributed by atoms with Gasteiger partial charge in [-0.05, 0) is 29.8 Å². The third kappa shape index (κ3) is 3.17. The number of benzene rings is 2. The van der Waals surface area contributed by atoms with Crippen LogP contribution in [0.1, 0.15) is 5.56 Å². The van der Waals surface area contributed by atoms with Crippen molar-refractivity contribution in [3.05, 3.63) is 53.1 Å². The topological polar surface area (TPSA) is 98.0 Å². The monoisotopic (exact) mass is 329 g/mol. The summed E-state index contributed by atoms with van der Waals surface area (Å²) in [5, 5.41) is 27.4. The first kappa shape index (κ1) is 15.1. The van der Waals surface area contributed by atoms with Crippen molar-refractivity contribution in [1.82, 2.24) is 4.98 Å². The number of carbonyl (C=O) groups is 1. The Morgan fingerprint density at radius 2 is 1.87 bits per heavy atom. The maximum atomic E-state index is 11.9. The number of H-pyrrole nitrogens is 1. The molecule has 3 N–H and O–H groups in total. The lowest BCUT2D eigenvalue weighted by Gasteiger charge is -1.97. The number of hydrogen-bond donors (Lipinski definition) is 3. The standard InChI is InChI=1S/C16H12ClN3O3/c17-11-2-1-3-12-14(11)15(16(23)18-12)20-19-13(22)8-9-4-6-10(21)7-5-9/h1-7,18,21,23H,8H2. The normalized spacial score (nSPS) is 11.3. The van der Waals surface area contributed by atoms with Crippen LogP contribution in [0.2, 0.25) is 5.02 Å². The van der Waals surface area contributed by atoms with E-state index < -0.39 is 5.91 Å². The van der Waals surface area contributed by atoms with Crippen LogP contribution in [-0.2, 0) is 11.2 Å². The fourth-order valence-corrected chi connectivity index (χ4v) is 2.47. The molecule has 0 saturated carbocycles. The molecule has 0 radical (unpaired) electrons. The number of rotatable bonds is 3. The predicted octanol–water partition coefficient (Wildman–Crippen LogP) is 4.09. The number of aromatic hydroxyl groups is 2. The fraction of sp³-hybridized carbons (Fsp3) is 0.0625. The molecule has 116 valence electrons. The minimum absolute atomic E-state index is 0.0423. The third-order valence-electron chi connectivity index (χ3n) is 3.28. The number of azo groups is 1. The molecule has 0 unspecified atom stereocenters. The van der Waals surface area contributed by atoms with Gasteiger partial charge in [-0.1, -0.05) is 29.8 Å². The van der Waals surface area contributed by atoms with Crippen LogP contribution in [0.15, 0.2) is 52.7 Å². The van der Waals surface area contributed by atoms with E-state index in [9.17, 15) is 15.0 Å².